The molecule has 0 spiro atoms. The average molecular weight is 212 g/mol. The van der Waals surface area contributed by atoms with Gasteiger partial charge in [0.1, 0.15) is 0 Å². The molecule has 1 heterocycles. The molecule has 0 unspecified atom stereocenters. The zero-order valence-electron chi connectivity index (χ0n) is 9.37. The van der Waals surface area contributed by atoms with E-state index in [1.54, 1.807) is 0 Å². The Labute approximate surface area is 91.0 Å². The molecule has 1 aliphatic heterocycles. The topological polar surface area (TPSA) is 41.6 Å². The van der Waals surface area contributed by atoms with E-state index in [1.807, 2.05) is 0 Å². The van der Waals surface area contributed by atoms with Gasteiger partial charge in [0.25, 0.3) is 0 Å². The number of hydrogen-bond acceptors (Lipinski definition) is 3. The van der Waals surface area contributed by atoms with Crippen LogP contribution in [0.2, 0.25) is 0 Å². The van der Waals surface area contributed by atoms with Gasteiger partial charge in [-0.25, -0.2) is 0 Å². The minimum atomic E-state index is 0.163. The molecule has 0 aromatic rings. The Kier molecular flexibility index (Phi) is 3.59. The average Bonchev–Trinajstić information content (AvgIpc) is 3.01. The number of morpholine rings is 1. The zero-order valence-corrected chi connectivity index (χ0v) is 9.37. The first-order valence-electron chi connectivity index (χ1n) is 5.85. The first-order chi connectivity index (χ1) is 7.25. The van der Waals surface area contributed by atoms with E-state index in [0.717, 1.165) is 32.2 Å². The van der Waals surface area contributed by atoms with E-state index in [4.69, 9.17) is 4.74 Å². The summed E-state index contributed by atoms with van der Waals surface area (Å²) >= 11 is 0. The van der Waals surface area contributed by atoms with E-state index in [0.29, 0.717) is 12.6 Å². The SMILES string of the molecule is C[C@H](NC(=O)CN1CCOCC1)C1CC1. The van der Waals surface area contributed by atoms with Gasteiger partial charge in [0.2, 0.25) is 5.91 Å². The first-order valence-corrected chi connectivity index (χ1v) is 5.85. The third kappa shape index (κ3) is 3.47. The predicted octanol–water partition coefficient (Wildman–Crippen LogP) is 0.233. The van der Waals surface area contributed by atoms with Gasteiger partial charge in [0.15, 0.2) is 0 Å². The Morgan fingerprint density at radius 3 is 2.73 bits per heavy atom. The number of carbonyl (C=O) groups excluding carboxylic acids is 1. The number of carbonyl (C=O) groups is 1. The highest BCUT2D eigenvalue weighted by Gasteiger charge is 2.29. The van der Waals surface area contributed by atoms with Gasteiger partial charge in [-0.2, -0.15) is 0 Å². The molecule has 1 N–H and O–H groups in total. The second-order valence-electron chi connectivity index (χ2n) is 4.58. The molecular weight excluding hydrogens is 192 g/mol. The normalized spacial score (nSPS) is 24.9. The molecule has 1 atom stereocenters. The Bertz CT molecular complexity index is 223. The molecule has 0 bridgehead atoms. The summed E-state index contributed by atoms with van der Waals surface area (Å²) in [4.78, 5) is 13.8. The van der Waals surface area contributed by atoms with E-state index in [-0.39, 0.29) is 5.91 Å². The van der Waals surface area contributed by atoms with Crippen LogP contribution in [0.15, 0.2) is 0 Å². The molecule has 1 saturated heterocycles. The number of amides is 1. The smallest absolute Gasteiger partial charge is 0.234 e. The van der Waals surface area contributed by atoms with Gasteiger partial charge in [0.05, 0.1) is 19.8 Å². The van der Waals surface area contributed by atoms with Crippen molar-refractivity contribution in [3.8, 4) is 0 Å². The lowest BCUT2D eigenvalue weighted by Gasteiger charge is -2.26. The Hall–Kier alpha value is -0.610. The lowest BCUT2D eigenvalue weighted by atomic mass is 10.2. The molecule has 2 aliphatic rings. The van der Waals surface area contributed by atoms with E-state index in [2.05, 4.69) is 17.1 Å². The van der Waals surface area contributed by atoms with Gasteiger partial charge in [-0.3, -0.25) is 9.69 Å². The van der Waals surface area contributed by atoms with Crippen molar-refractivity contribution in [2.45, 2.75) is 25.8 Å². The van der Waals surface area contributed by atoms with Crippen molar-refractivity contribution in [1.29, 1.82) is 0 Å². The Morgan fingerprint density at radius 2 is 2.13 bits per heavy atom. The number of nitrogens with one attached hydrogen (secondary N) is 1. The summed E-state index contributed by atoms with van der Waals surface area (Å²) in [6.07, 6.45) is 2.55. The summed E-state index contributed by atoms with van der Waals surface area (Å²) in [5.74, 6) is 0.898. The van der Waals surface area contributed by atoms with Crippen molar-refractivity contribution in [2.24, 2.45) is 5.92 Å². The Morgan fingerprint density at radius 1 is 1.47 bits per heavy atom. The second-order valence-corrected chi connectivity index (χ2v) is 4.58. The van der Waals surface area contributed by atoms with Gasteiger partial charge in [-0.1, -0.05) is 0 Å². The van der Waals surface area contributed by atoms with E-state index in [1.165, 1.54) is 12.8 Å². The van der Waals surface area contributed by atoms with Crippen molar-refractivity contribution < 1.29 is 9.53 Å². The van der Waals surface area contributed by atoms with Gasteiger partial charge in [0, 0.05) is 19.1 Å². The van der Waals surface area contributed by atoms with Crippen LogP contribution in [-0.2, 0) is 9.53 Å². The third-order valence-electron chi connectivity index (χ3n) is 3.19. The fourth-order valence-corrected chi connectivity index (χ4v) is 1.98. The van der Waals surface area contributed by atoms with Crippen LogP contribution < -0.4 is 5.32 Å². The van der Waals surface area contributed by atoms with E-state index >= 15 is 0 Å². The highest BCUT2D eigenvalue weighted by Crippen LogP contribution is 2.32. The fraction of sp³-hybridized carbons (Fsp3) is 0.909. The first kappa shape index (κ1) is 10.9. The minimum Gasteiger partial charge on any atom is -0.379 e. The van der Waals surface area contributed by atoms with Gasteiger partial charge < -0.3 is 10.1 Å². The third-order valence-corrected chi connectivity index (χ3v) is 3.19. The van der Waals surface area contributed by atoms with Crippen LogP contribution >= 0.6 is 0 Å². The second kappa shape index (κ2) is 4.94. The van der Waals surface area contributed by atoms with Crippen LogP contribution in [0.1, 0.15) is 19.8 Å². The highest BCUT2D eigenvalue weighted by atomic mass is 16.5. The summed E-state index contributed by atoms with van der Waals surface area (Å²) in [5.41, 5.74) is 0. The lowest BCUT2D eigenvalue weighted by Crippen LogP contribution is -2.45. The summed E-state index contributed by atoms with van der Waals surface area (Å²) in [6.45, 7) is 5.91. The lowest BCUT2D eigenvalue weighted by molar-refractivity contribution is -0.124. The molecule has 0 aromatic heterocycles. The molecule has 1 amide bonds. The monoisotopic (exact) mass is 212 g/mol. The van der Waals surface area contributed by atoms with Crippen molar-refractivity contribution in [1.82, 2.24) is 10.2 Å². The molecule has 0 radical (unpaired) electrons. The summed E-state index contributed by atoms with van der Waals surface area (Å²) in [7, 11) is 0. The van der Waals surface area contributed by atoms with Gasteiger partial charge in [-0.05, 0) is 25.7 Å². The largest absolute Gasteiger partial charge is 0.379 e. The maximum Gasteiger partial charge on any atom is 0.234 e. The standard InChI is InChI=1S/C11H20N2O2/c1-9(10-2-3-10)12-11(14)8-13-4-6-15-7-5-13/h9-10H,2-8H2,1H3,(H,12,14)/t9-/m0/s1. The Balaban J connectivity index is 1.66. The molecule has 1 aliphatic carbocycles. The molecule has 0 aromatic carbocycles. The quantitative estimate of drug-likeness (QED) is 0.725. The minimum absolute atomic E-state index is 0.163. The van der Waals surface area contributed by atoms with Crippen LogP contribution in [-0.4, -0.2) is 49.7 Å². The van der Waals surface area contributed by atoms with Crippen molar-refractivity contribution in [3.63, 3.8) is 0 Å². The number of hydrogen-bond donors (Lipinski definition) is 1. The molecular formula is C11H20N2O2. The number of rotatable bonds is 4. The molecule has 4 heteroatoms. The van der Waals surface area contributed by atoms with Crippen LogP contribution in [0.25, 0.3) is 0 Å². The van der Waals surface area contributed by atoms with Crippen molar-refractivity contribution >= 4 is 5.91 Å². The fourth-order valence-electron chi connectivity index (χ4n) is 1.98. The van der Waals surface area contributed by atoms with Crippen molar-refractivity contribution in [3.05, 3.63) is 0 Å². The van der Waals surface area contributed by atoms with E-state index < -0.39 is 0 Å². The summed E-state index contributed by atoms with van der Waals surface area (Å²) < 4.78 is 5.24. The maximum absolute atomic E-state index is 11.7. The van der Waals surface area contributed by atoms with E-state index in [9.17, 15) is 4.79 Å². The van der Waals surface area contributed by atoms with Crippen LogP contribution in [0.3, 0.4) is 0 Å². The van der Waals surface area contributed by atoms with Crippen LogP contribution in [0, 0.1) is 5.92 Å². The molecule has 2 fully saturated rings. The zero-order chi connectivity index (χ0) is 10.7. The number of nitrogens with zero attached hydrogens (tertiary/aromatic N) is 1. The summed E-state index contributed by atoms with van der Waals surface area (Å²) in [5, 5.41) is 3.07. The van der Waals surface area contributed by atoms with Crippen LogP contribution in [0.4, 0.5) is 0 Å². The molecule has 2 rings (SSSR count). The molecule has 15 heavy (non-hydrogen) atoms. The van der Waals surface area contributed by atoms with Gasteiger partial charge in [-0.15, -0.1) is 0 Å². The number of ether oxygens (including phenoxy) is 1. The summed E-state index contributed by atoms with van der Waals surface area (Å²) in [6, 6.07) is 0.360. The highest BCUT2D eigenvalue weighted by molar-refractivity contribution is 5.78. The molecule has 1 saturated carbocycles. The predicted molar refractivity (Wildman–Crippen MR) is 57.6 cm³/mol. The van der Waals surface area contributed by atoms with Crippen molar-refractivity contribution in [2.75, 3.05) is 32.8 Å². The van der Waals surface area contributed by atoms with Crippen LogP contribution in [0.5, 0.6) is 0 Å². The maximum atomic E-state index is 11.7. The van der Waals surface area contributed by atoms with Gasteiger partial charge >= 0.3 is 0 Å². The molecule has 4 nitrogen and oxygen atoms in total. The molecule has 86 valence electrons.